The molecule has 0 aliphatic carbocycles. The highest BCUT2D eigenvalue weighted by Crippen LogP contribution is 2.43. The Labute approximate surface area is 230 Å². The summed E-state index contributed by atoms with van der Waals surface area (Å²) in [6.45, 7) is 2.79. The molecular weight excluding hydrogens is 509 g/mol. The van der Waals surface area contributed by atoms with Crippen LogP contribution in [0.4, 0.5) is 4.39 Å². The van der Waals surface area contributed by atoms with Gasteiger partial charge in [-0.05, 0) is 73.7 Å². The highest BCUT2D eigenvalue weighted by molar-refractivity contribution is 6.13. The lowest BCUT2D eigenvalue weighted by atomic mass is 9.90. The molecule has 2 N–H and O–H groups in total. The van der Waals surface area contributed by atoms with E-state index in [0.717, 1.165) is 24.1 Å². The third kappa shape index (κ3) is 4.66. The number of fused-ring (bicyclic) bond motifs is 3. The highest BCUT2D eigenvalue weighted by Gasteiger charge is 2.29. The summed E-state index contributed by atoms with van der Waals surface area (Å²) in [6, 6.07) is 16.7. The Morgan fingerprint density at radius 1 is 1.10 bits per heavy atom. The van der Waals surface area contributed by atoms with E-state index in [1.165, 1.54) is 12.1 Å². The zero-order valence-electron chi connectivity index (χ0n) is 22.0. The molecule has 6 rings (SSSR count). The van der Waals surface area contributed by atoms with Crippen LogP contribution in [0.25, 0.3) is 22.0 Å². The van der Waals surface area contributed by atoms with Crippen LogP contribution in [0.3, 0.4) is 0 Å². The number of aromatic nitrogens is 2. The van der Waals surface area contributed by atoms with Crippen LogP contribution >= 0.6 is 0 Å². The summed E-state index contributed by atoms with van der Waals surface area (Å²) in [6.07, 6.45) is 3.93. The van der Waals surface area contributed by atoms with Crippen LogP contribution in [0.1, 0.15) is 56.3 Å². The number of pyridine rings is 1. The summed E-state index contributed by atoms with van der Waals surface area (Å²) in [5.41, 5.74) is 5.37. The molecule has 5 aromatic rings. The SMILES string of the molecule is Cc1nc2c3n(c(O)c2c(-c2ccc(C(=O)NCc4ccco4)cc2)c1C(=O)CCc1ccc(F)cc1)CCC3. The van der Waals surface area contributed by atoms with E-state index in [2.05, 4.69) is 5.32 Å². The van der Waals surface area contributed by atoms with Gasteiger partial charge in [-0.3, -0.25) is 14.6 Å². The van der Waals surface area contributed by atoms with E-state index < -0.39 is 0 Å². The third-order valence-corrected chi connectivity index (χ3v) is 7.52. The Hall–Kier alpha value is -4.72. The molecule has 1 amide bonds. The van der Waals surface area contributed by atoms with Gasteiger partial charge in [-0.25, -0.2) is 4.39 Å². The molecule has 0 fully saturated rings. The molecule has 0 radical (unpaired) electrons. The van der Waals surface area contributed by atoms with Crippen molar-refractivity contribution in [2.75, 3.05) is 0 Å². The fourth-order valence-electron chi connectivity index (χ4n) is 5.55. The minimum absolute atomic E-state index is 0.109. The van der Waals surface area contributed by atoms with Crippen LogP contribution in [0.15, 0.2) is 71.3 Å². The predicted molar refractivity (Wildman–Crippen MR) is 149 cm³/mol. The number of halogens is 1. The number of nitrogens with one attached hydrogen (secondary N) is 1. The first-order valence-electron chi connectivity index (χ1n) is 13.3. The number of rotatable bonds is 8. The Kier molecular flexibility index (Phi) is 6.67. The van der Waals surface area contributed by atoms with Gasteiger partial charge in [0.05, 0.1) is 23.7 Å². The molecule has 202 valence electrons. The number of aryl methyl sites for hydroxylation is 3. The number of carbonyl (C=O) groups is 2. The van der Waals surface area contributed by atoms with Crippen LogP contribution in [0.5, 0.6) is 5.88 Å². The van der Waals surface area contributed by atoms with Crippen molar-refractivity contribution in [3.05, 3.63) is 107 Å². The largest absolute Gasteiger partial charge is 0.494 e. The van der Waals surface area contributed by atoms with E-state index >= 15 is 0 Å². The maximum absolute atomic E-state index is 13.7. The lowest BCUT2D eigenvalue weighted by Gasteiger charge is -2.15. The highest BCUT2D eigenvalue weighted by atomic mass is 19.1. The van der Waals surface area contributed by atoms with Gasteiger partial charge in [-0.1, -0.05) is 24.3 Å². The van der Waals surface area contributed by atoms with Crippen molar-refractivity contribution in [3.8, 4) is 17.0 Å². The summed E-state index contributed by atoms with van der Waals surface area (Å²) >= 11 is 0. The van der Waals surface area contributed by atoms with Crippen molar-refractivity contribution in [1.29, 1.82) is 0 Å². The van der Waals surface area contributed by atoms with Crippen molar-refractivity contribution in [2.45, 2.75) is 45.7 Å². The van der Waals surface area contributed by atoms with E-state index in [1.54, 1.807) is 54.8 Å². The zero-order valence-corrected chi connectivity index (χ0v) is 22.0. The van der Waals surface area contributed by atoms with Crippen molar-refractivity contribution >= 4 is 22.6 Å². The van der Waals surface area contributed by atoms with Gasteiger partial charge in [0.15, 0.2) is 5.78 Å². The summed E-state index contributed by atoms with van der Waals surface area (Å²) in [5.74, 6) is 0.0780. The van der Waals surface area contributed by atoms with Gasteiger partial charge in [-0.2, -0.15) is 0 Å². The number of benzene rings is 2. The van der Waals surface area contributed by atoms with E-state index in [0.29, 0.717) is 57.6 Å². The first kappa shape index (κ1) is 25.6. The smallest absolute Gasteiger partial charge is 0.251 e. The van der Waals surface area contributed by atoms with E-state index in [4.69, 9.17) is 9.40 Å². The van der Waals surface area contributed by atoms with E-state index in [9.17, 15) is 19.1 Å². The van der Waals surface area contributed by atoms with Crippen molar-refractivity contribution in [1.82, 2.24) is 14.9 Å². The maximum atomic E-state index is 13.7. The molecule has 4 heterocycles. The number of hydrogen-bond acceptors (Lipinski definition) is 5. The van der Waals surface area contributed by atoms with Gasteiger partial charge in [0.2, 0.25) is 5.88 Å². The molecule has 1 aliphatic heterocycles. The Balaban J connectivity index is 1.38. The fourth-order valence-corrected chi connectivity index (χ4v) is 5.55. The summed E-state index contributed by atoms with van der Waals surface area (Å²) in [7, 11) is 0. The first-order valence-corrected chi connectivity index (χ1v) is 13.3. The zero-order chi connectivity index (χ0) is 27.8. The van der Waals surface area contributed by atoms with Gasteiger partial charge >= 0.3 is 0 Å². The molecular formula is C32H28FN3O4. The number of aromatic hydroxyl groups is 1. The number of amides is 1. The lowest BCUT2D eigenvalue weighted by Crippen LogP contribution is -2.22. The molecule has 8 heteroatoms. The first-order chi connectivity index (χ1) is 19.4. The molecule has 0 spiro atoms. The average Bonchev–Trinajstić information content (AvgIpc) is 3.71. The van der Waals surface area contributed by atoms with E-state index in [-0.39, 0.29) is 36.4 Å². The minimum Gasteiger partial charge on any atom is -0.494 e. The molecule has 0 atom stereocenters. The number of nitrogens with zero attached hydrogens (tertiary/aromatic N) is 2. The second-order valence-electron chi connectivity index (χ2n) is 10.1. The summed E-state index contributed by atoms with van der Waals surface area (Å²) < 4.78 is 20.5. The van der Waals surface area contributed by atoms with Crippen LogP contribution in [0.2, 0.25) is 0 Å². The molecule has 2 aromatic carbocycles. The second-order valence-corrected chi connectivity index (χ2v) is 10.1. The maximum Gasteiger partial charge on any atom is 0.251 e. The van der Waals surface area contributed by atoms with Gasteiger partial charge in [0, 0.05) is 41.0 Å². The van der Waals surface area contributed by atoms with Gasteiger partial charge < -0.3 is 19.4 Å². The van der Waals surface area contributed by atoms with Crippen molar-refractivity contribution in [3.63, 3.8) is 0 Å². The second kappa shape index (κ2) is 10.4. The average molecular weight is 538 g/mol. The lowest BCUT2D eigenvalue weighted by molar-refractivity contribution is 0.0946. The number of furan rings is 1. The predicted octanol–water partition coefficient (Wildman–Crippen LogP) is 6.14. The molecule has 0 saturated heterocycles. The standard InChI is InChI=1S/C32H28FN3O4/c1-19-27(26(37)15-8-20-6-13-23(33)14-7-20)28(29-30(35-19)25-5-2-16-36(25)32(29)39)21-9-11-22(12-10-21)31(38)34-18-24-4-3-17-40-24/h3-4,6-7,9-14,17,39H,2,5,8,15-16,18H2,1H3,(H,34,38). The van der Waals surface area contributed by atoms with Crippen LogP contribution in [-0.4, -0.2) is 26.3 Å². The van der Waals surface area contributed by atoms with Crippen molar-refractivity contribution in [2.24, 2.45) is 0 Å². The van der Waals surface area contributed by atoms with Gasteiger partial charge in [-0.15, -0.1) is 0 Å². The fraction of sp³-hybridized carbons (Fsp3) is 0.219. The van der Waals surface area contributed by atoms with Gasteiger partial charge in [0.1, 0.15) is 11.6 Å². The number of hydrogen-bond donors (Lipinski definition) is 2. The molecule has 0 unspecified atom stereocenters. The third-order valence-electron chi connectivity index (χ3n) is 7.52. The molecule has 1 aliphatic rings. The quantitative estimate of drug-likeness (QED) is 0.232. The normalized spacial score (nSPS) is 12.6. The Morgan fingerprint density at radius 2 is 1.88 bits per heavy atom. The minimum atomic E-state index is -0.321. The van der Waals surface area contributed by atoms with Crippen molar-refractivity contribution < 1.29 is 23.5 Å². The number of ketones is 1. The van der Waals surface area contributed by atoms with Crippen LogP contribution in [0, 0.1) is 12.7 Å². The molecule has 0 bridgehead atoms. The molecule has 3 aromatic heterocycles. The summed E-state index contributed by atoms with van der Waals surface area (Å²) in [4.78, 5) is 31.3. The summed E-state index contributed by atoms with van der Waals surface area (Å²) in [5, 5.41) is 14.7. The Morgan fingerprint density at radius 3 is 2.60 bits per heavy atom. The number of carbonyl (C=O) groups excluding carboxylic acids is 2. The number of Topliss-reactive ketones (excluding diaryl/α,β-unsaturated/α-hetero) is 1. The van der Waals surface area contributed by atoms with Crippen LogP contribution in [-0.2, 0) is 25.9 Å². The monoisotopic (exact) mass is 537 g/mol. The van der Waals surface area contributed by atoms with E-state index in [1.807, 2.05) is 11.5 Å². The van der Waals surface area contributed by atoms with Crippen LogP contribution < -0.4 is 5.32 Å². The Bertz CT molecular complexity index is 1720. The molecule has 0 saturated carbocycles. The molecule has 40 heavy (non-hydrogen) atoms. The topological polar surface area (TPSA) is 97.4 Å². The van der Waals surface area contributed by atoms with Gasteiger partial charge in [0.25, 0.3) is 5.91 Å². The molecule has 7 nitrogen and oxygen atoms in total.